The van der Waals surface area contributed by atoms with E-state index in [4.69, 9.17) is 0 Å². The van der Waals surface area contributed by atoms with Crippen LogP contribution in [0, 0.1) is 0 Å². The van der Waals surface area contributed by atoms with E-state index in [1.807, 2.05) is 17.7 Å². The topological polar surface area (TPSA) is 81.7 Å². The van der Waals surface area contributed by atoms with Gasteiger partial charge in [-0.2, -0.15) is 18.3 Å². The number of carbonyl (C=O) groups excluding carboxylic acids is 1. The Balaban J connectivity index is 1.58. The zero-order valence-corrected chi connectivity index (χ0v) is 15.1. The Morgan fingerprint density at radius 3 is 2.61 bits per heavy atom. The number of hydrogen-bond donors (Lipinski definition) is 0. The third-order valence-corrected chi connectivity index (χ3v) is 4.58. The molecule has 146 valence electrons. The van der Waals surface area contributed by atoms with E-state index < -0.39 is 17.8 Å². The SMILES string of the molecule is C[C@H]1CN(C(=O)c2ccc(C(F)(F)F)nc2)Cc2nnc(-c3cnn(C)c3)n21. The molecule has 0 unspecified atom stereocenters. The van der Waals surface area contributed by atoms with E-state index in [0.29, 0.717) is 18.2 Å². The van der Waals surface area contributed by atoms with Gasteiger partial charge in [0, 0.05) is 26.0 Å². The van der Waals surface area contributed by atoms with Gasteiger partial charge in [0.2, 0.25) is 0 Å². The zero-order chi connectivity index (χ0) is 20.1. The number of carbonyl (C=O) groups is 1. The fourth-order valence-electron chi connectivity index (χ4n) is 3.29. The predicted octanol–water partition coefficient (Wildman–Crippen LogP) is 2.31. The Bertz CT molecular complexity index is 1020. The van der Waals surface area contributed by atoms with Crippen molar-refractivity contribution in [3.63, 3.8) is 0 Å². The number of halogens is 3. The normalized spacial score (nSPS) is 16.9. The molecule has 1 amide bonds. The van der Waals surface area contributed by atoms with Gasteiger partial charge in [-0.1, -0.05) is 0 Å². The van der Waals surface area contributed by atoms with E-state index >= 15 is 0 Å². The summed E-state index contributed by atoms with van der Waals surface area (Å²) in [6.07, 6.45) is -0.0681. The summed E-state index contributed by atoms with van der Waals surface area (Å²) in [6.45, 7) is 2.51. The Labute approximate surface area is 157 Å². The number of alkyl halides is 3. The van der Waals surface area contributed by atoms with Gasteiger partial charge >= 0.3 is 6.18 Å². The molecule has 28 heavy (non-hydrogen) atoms. The predicted molar refractivity (Wildman–Crippen MR) is 90.9 cm³/mol. The molecule has 0 radical (unpaired) electrons. The summed E-state index contributed by atoms with van der Waals surface area (Å²) in [6, 6.07) is 1.84. The van der Waals surface area contributed by atoms with E-state index in [1.54, 1.807) is 17.9 Å². The van der Waals surface area contributed by atoms with Gasteiger partial charge in [-0.15, -0.1) is 10.2 Å². The van der Waals surface area contributed by atoms with Crippen molar-refractivity contribution in [1.82, 2.24) is 34.4 Å². The van der Waals surface area contributed by atoms with Crippen molar-refractivity contribution < 1.29 is 18.0 Å². The van der Waals surface area contributed by atoms with Crippen LogP contribution < -0.4 is 0 Å². The first-order valence-electron chi connectivity index (χ1n) is 8.49. The number of hydrogen-bond acceptors (Lipinski definition) is 5. The summed E-state index contributed by atoms with van der Waals surface area (Å²) >= 11 is 0. The van der Waals surface area contributed by atoms with Crippen LogP contribution in [-0.2, 0) is 19.8 Å². The molecule has 0 N–H and O–H groups in total. The van der Waals surface area contributed by atoms with E-state index in [-0.39, 0.29) is 18.2 Å². The molecule has 3 aromatic rings. The van der Waals surface area contributed by atoms with Crippen LogP contribution in [0.15, 0.2) is 30.7 Å². The minimum Gasteiger partial charge on any atom is -0.329 e. The highest BCUT2D eigenvalue weighted by atomic mass is 19.4. The number of aromatic nitrogens is 6. The first-order chi connectivity index (χ1) is 13.2. The Hall–Kier alpha value is -3.24. The largest absolute Gasteiger partial charge is 0.433 e. The van der Waals surface area contributed by atoms with Gasteiger partial charge in [0.25, 0.3) is 5.91 Å². The standard InChI is InChI=1S/C17H16F3N7O/c1-10-7-26(16(28)11-3-4-13(21-5-11)17(18,19)20)9-14-23-24-15(27(10)14)12-6-22-25(2)8-12/h3-6,8,10H,7,9H2,1-2H3/t10-/m0/s1. The van der Waals surface area contributed by atoms with Gasteiger partial charge in [-0.05, 0) is 19.1 Å². The molecule has 0 saturated carbocycles. The summed E-state index contributed by atoms with van der Waals surface area (Å²) in [4.78, 5) is 17.6. The smallest absolute Gasteiger partial charge is 0.329 e. The van der Waals surface area contributed by atoms with Gasteiger partial charge < -0.3 is 9.47 Å². The molecule has 0 bridgehead atoms. The molecule has 4 heterocycles. The number of amides is 1. The quantitative estimate of drug-likeness (QED) is 0.670. The molecule has 1 aliphatic heterocycles. The summed E-state index contributed by atoms with van der Waals surface area (Å²) in [5, 5.41) is 12.5. The molecule has 8 nitrogen and oxygen atoms in total. The summed E-state index contributed by atoms with van der Waals surface area (Å²) in [5.74, 6) is 0.870. The van der Waals surface area contributed by atoms with Gasteiger partial charge in [0.05, 0.1) is 29.9 Å². The molecule has 4 rings (SSSR count). The third-order valence-electron chi connectivity index (χ3n) is 4.58. The minimum absolute atomic E-state index is 0.0978. The van der Waals surface area contributed by atoms with Crippen molar-refractivity contribution in [3.05, 3.63) is 47.8 Å². The van der Waals surface area contributed by atoms with Crippen LogP contribution in [0.3, 0.4) is 0 Å². The number of fused-ring (bicyclic) bond motifs is 1. The van der Waals surface area contributed by atoms with Crippen LogP contribution in [-0.4, -0.2) is 46.9 Å². The van der Waals surface area contributed by atoms with E-state index in [2.05, 4.69) is 20.3 Å². The highest BCUT2D eigenvalue weighted by molar-refractivity contribution is 5.94. The number of aryl methyl sites for hydroxylation is 1. The van der Waals surface area contributed by atoms with Crippen LogP contribution in [0.5, 0.6) is 0 Å². The number of rotatable bonds is 2. The van der Waals surface area contributed by atoms with Crippen molar-refractivity contribution in [3.8, 4) is 11.4 Å². The molecule has 1 atom stereocenters. The lowest BCUT2D eigenvalue weighted by molar-refractivity contribution is -0.141. The third kappa shape index (κ3) is 3.12. The molecule has 0 spiro atoms. The van der Waals surface area contributed by atoms with Gasteiger partial charge in [-0.3, -0.25) is 14.5 Å². The lowest BCUT2D eigenvalue weighted by Crippen LogP contribution is -2.40. The number of pyridine rings is 1. The first-order valence-corrected chi connectivity index (χ1v) is 8.49. The van der Waals surface area contributed by atoms with Crippen LogP contribution in [0.1, 0.15) is 34.8 Å². The maximum absolute atomic E-state index is 12.7. The second-order valence-electron chi connectivity index (χ2n) is 6.68. The molecule has 3 aromatic heterocycles. The fraction of sp³-hybridized carbons (Fsp3) is 0.353. The summed E-state index contributed by atoms with van der Waals surface area (Å²) in [7, 11) is 1.80. The highest BCUT2D eigenvalue weighted by Gasteiger charge is 2.33. The van der Waals surface area contributed by atoms with Crippen molar-refractivity contribution >= 4 is 5.91 Å². The van der Waals surface area contributed by atoms with Gasteiger partial charge in [0.1, 0.15) is 5.69 Å². The molecular formula is C17H16F3N7O. The Morgan fingerprint density at radius 2 is 2.00 bits per heavy atom. The average Bonchev–Trinajstić information content (AvgIpc) is 3.26. The highest BCUT2D eigenvalue weighted by Crippen LogP contribution is 2.29. The van der Waals surface area contributed by atoms with Gasteiger partial charge in [-0.25, -0.2) is 0 Å². The zero-order valence-electron chi connectivity index (χ0n) is 15.1. The molecule has 0 saturated heterocycles. The second-order valence-corrected chi connectivity index (χ2v) is 6.68. The summed E-state index contributed by atoms with van der Waals surface area (Å²) in [5.41, 5.74) is -0.114. The van der Waals surface area contributed by atoms with Crippen molar-refractivity contribution in [1.29, 1.82) is 0 Å². The average molecular weight is 391 g/mol. The lowest BCUT2D eigenvalue weighted by Gasteiger charge is -2.32. The fourth-order valence-corrected chi connectivity index (χ4v) is 3.29. The maximum Gasteiger partial charge on any atom is 0.433 e. The summed E-state index contributed by atoms with van der Waals surface area (Å²) < 4.78 is 41.6. The molecule has 0 aromatic carbocycles. The van der Waals surface area contributed by atoms with Crippen LogP contribution in [0.25, 0.3) is 11.4 Å². The molecule has 1 aliphatic rings. The van der Waals surface area contributed by atoms with Crippen molar-refractivity contribution in [2.45, 2.75) is 25.7 Å². The Morgan fingerprint density at radius 1 is 1.21 bits per heavy atom. The lowest BCUT2D eigenvalue weighted by atomic mass is 10.1. The van der Waals surface area contributed by atoms with Crippen molar-refractivity contribution in [2.24, 2.45) is 7.05 Å². The van der Waals surface area contributed by atoms with E-state index in [9.17, 15) is 18.0 Å². The van der Waals surface area contributed by atoms with Crippen LogP contribution in [0.4, 0.5) is 13.2 Å². The van der Waals surface area contributed by atoms with Crippen LogP contribution >= 0.6 is 0 Å². The Kier molecular flexibility index (Phi) is 4.16. The minimum atomic E-state index is -4.54. The first kappa shape index (κ1) is 18.1. The van der Waals surface area contributed by atoms with Gasteiger partial charge in [0.15, 0.2) is 11.6 Å². The second kappa shape index (κ2) is 6.43. The monoisotopic (exact) mass is 391 g/mol. The molecule has 0 aliphatic carbocycles. The van der Waals surface area contributed by atoms with E-state index in [0.717, 1.165) is 23.9 Å². The van der Waals surface area contributed by atoms with Crippen LogP contribution in [0.2, 0.25) is 0 Å². The van der Waals surface area contributed by atoms with E-state index in [1.165, 1.54) is 4.90 Å². The maximum atomic E-state index is 12.7. The molecular weight excluding hydrogens is 375 g/mol. The number of nitrogens with zero attached hydrogens (tertiary/aromatic N) is 7. The molecule has 0 fully saturated rings. The van der Waals surface area contributed by atoms with Crippen molar-refractivity contribution in [2.75, 3.05) is 6.54 Å². The molecule has 11 heteroatoms.